The molecule has 1 N–H and O–H groups in total. The fourth-order valence-corrected chi connectivity index (χ4v) is 1.23. The molecule has 0 spiro atoms. The number of benzene rings is 1. The first kappa shape index (κ1) is 10.8. The highest BCUT2D eigenvalue weighted by Gasteiger charge is 2.20. The molecule has 0 aromatic heterocycles. The van der Waals surface area contributed by atoms with Crippen LogP contribution in [0.1, 0.15) is 15.9 Å². The number of carbonyl (C=O) groups excluding carboxylic acids is 1. The van der Waals surface area contributed by atoms with Crippen molar-refractivity contribution < 1.29 is 19.6 Å². The molecule has 6 heteroatoms. The van der Waals surface area contributed by atoms with E-state index in [0.29, 0.717) is 6.29 Å². The number of hydrogen-bond acceptors (Lipinski definition) is 4. The van der Waals surface area contributed by atoms with Gasteiger partial charge in [-0.25, -0.2) is 0 Å². The molecule has 0 radical (unpaired) electrons. The maximum absolute atomic E-state index is 10.6. The van der Waals surface area contributed by atoms with Crippen molar-refractivity contribution in [1.29, 1.82) is 0 Å². The summed E-state index contributed by atoms with van der Waals surface area (Å²) in [6.45, 7) is 0. The van der Waals surface area contributed by atoms with Crippen molar-refractivity contribution in [2.45, 2.75) is 6.42 Å². The minimum absolute atomic E-state index is 0.0251. The van der Waals surface area contributed by atoms with Crippen LogP contribution in [-0.4, -0.2) is 22.3 Å². The largest absolute Gasteiger partial charge is 0.481 e. The number of carbonyl (C=O) groups is 2. The Morgan fingerprint density at radius 2 is 2.20 bits per heavy atom. The topological polar surface area (TPSA) is 97.5 Å². The van der Waals surface area contributed by atoms with E-state index in [4.69, 9.17) is 5.11 Å². The second-order valence-corrected chi connectivity index (χ2v) is 2.80. The van der Waals surface area contributed by atoms with E-state index in [1.54, 1.807) is 0 Å². The fourth-order valence-electron chi connectivity index (χ4n) is 1.23. The van der Waals surface area contributed by atoms with Gasteiger partial charge in [0.1, 0.15) is 0 Å². The molecule has 0 atom stereocenters. The molecular formula is C9H7NO5. The third kappa shape index (κ3) is 2.37. The molecule has 0 aliphatic heterocycles. The average Bonchev–Trinajstić information content (AvgIpc) is 2.15. The number of rotatable bonds is 4. The summed E-state index contributed by atoms with van der Waals surface area (Å²) in [5.41, 5.74) is -0.522. The molecule has 1 rings (SSSR count). The highest BCUT2D eigenvalue weighted by atomic mass is 16.6. The zero-order chi connectivity index (χ0) is 11.4. The van der Waals surface area contributed by atoms with Gasteiger partial charge < -0.3 is 5.11 Å². The van der Waals surface area contributed by atoms with E-state index >= 15 is 0 Å². The van der Waals surface area contributed by atoms with Crippen LogP contribution < -0.4 is 0 Å². The molecule has 0 heterocycles. The molecule has 1 aromatic carbocycles. The molecule has 0 aliphatic rings. The predicted octanol–water partition coefficient (Wildman–Crippen LogP) is 1.03. The molecule has 0 saturated carbocycles. The number of carboxylic acids is 1. The fraction of sp³-hybridized carbons (Fsp3) is 0.111. The van der Waals surface area contributed by atoms with Gasteiger partial charge in [-0.05, 0) is 6.07 Å². The number of nitrogens with zero attached hydrogens (tertiary/aromatic N) is 1. The molecular weight excluding hydrogens is 202 g/mol. The summed E-state index contributed by atoms with van der Waals surface area (Å²) >= 11 is 0. The quantitative estimate of drug-likeness (QED) is 0.453. The Labute approximate surface area is 84.3 Å². The lowest BCUT2D eigenvalue weighted by Crippen LogP contribution is -2.05. The monoisotopic (exact) mass is 209 g/mol. The zero-order valence-electron chi connectivity index (χ0n) is 7.54. The molecule has 0 saturated heterocycles. The van der Waals surface area contributed by atoms with Gasteiger partial charge in [-0.1, -0.05) is 12.1 Å². The van der Waals surface area contributed by atoms with Crippen molar-refractivity contribution in [2.24, 2.45) is 0 Å². The lowest BCUT2D eigenvalue weighted by Gasteiger charge is -2.01. The molecule has 6 nitrogen and oxygen atoms in total. The number of nitro groups is 1. The van der Waals surface area contributed by atoms with E-state index in [1.165, 1.54) is 18.2 Å². The number of nitro benzene ring substituents is 1. The number of para-hydroxylation sites is 1. The summed E-state index contributed by atoms with van der Waals surface area (Å²) in [5.74, 6) is -1.18. The van der Waals surface area contributed by atoms with Crippen LogP contribution in [0.4, 0.5) is 5.69 Å². The van der Waals surface area contributed by atoms with Crippen molar-refractivity contribution in [3.05, 3.63) is 39.4 Å². The highest BCUT2D eigenvalue weighted by molar-refractivity contribution is 5.84. The summed E-state index contributed by atoms with van der Waals surface area (Å²) in [7, 11) is 0. The van der Waals surface area contributed by atoms with Crippen molar-refractivity contribution in [1.82, 2.24) is 0 Å². The van der Waals surface area contributed by atoms with Gasteiger partial charge in [0.05, 0.1) is 16.9 Å². The van der Waals surface area contributed by atoms with E-state index < -0.39 is 23.0 Å². The van der Waals surface area contributed by atoms with E-state index in [-0.39, 0.29) is 11.1 Å². The Balaban J connectivity index is 3.31. The van der Waals surface area contributed by atoms with Gasteiger partial charge in [0.15, 0.2) is 6.29 Å². The molecule has 0 aliphatic carbocycles. The van der Waals surface area contributed by atoms with Crippen LogP contribution in [0.5, 0.6) is 0 Å². The smallest absolute Gasteiger partial charge is 0.308 e. The van der Waals surface area contributed by atoms with E-state index in [2.05, 4.69) is 0 Å². The third-order valence-corrected chi connectivity index (χ3v) is 1.80. The minimum Gasteiger partial charge on any atom is -0.481 e. The van der Waals surface area contributed by atoms with E-state index in [1.807, 2.05) is 0 Å². The van der Waals surface area contributed by atoms with Crippen LogP contribution >= 0.6 is 0 Å². The molecule has 0 amide bonds. The first-order chi connectivity index (χ1) is 7.06. The zero-order valence-corrected chi connectivity index (χ0v) is 7.54. The van der Waals surface area contributed by atoms with Crippen LogP contribution in [0.15, 0.2) is 18.2 Å². The minimum atomic E-state index is -1.18. The molecule has 0 fully saturated rings. The molecule has 78 valence electrons. The molecule has 15 heavy (non-hydrogen) atoms. The van der Waals surface area contributed by atoms with E-state index in [9.17, 15) is 19.7 Å². The maximum Gasteiger partial charge on any atom is 0.308 e. The lowest BCUT2D eigenvalue weighted by atomic mass is 10.1. The Kier molecular flexibility index (Phi) is 3.12. The summed E-state index contributed by atoms with van der Waals surface area (Å²) in [5, 5.41) is 19.2. The molecule has 1 aromatic rings. The average molecular weight is 209 g/mol. The highest BCUT2D eigenvalue weighted by Crippen LogP contribution is 2.22. The van der Waals surface area contributed by atoms with Gasteiger partial charge in [-0.2, -0.15) is 0 Å². The van der Waals surface area contributed by atoms with E-state index in [0.717, 1.165) is 0 Å². The van der Waals surface area contributed by atoms with Gasteiger partial charge in [0.2, 0.25) is 0 Å². The number of hydrogen-bond donors (Lipinski definition) is 1. The first-order valence-corrected chi connectivity index (χ1v) is 3.99. The SMILES string of the molecule is O=Cc1cccc(CC(=O)O)c1[N+](=O)[O-]. The Hall–Kier alpha value is -2.24. The first-order valence-electron chi connectivity index (χ1n) is 3.99. The summed E-state index contributed by atoms with van der Waals surface area (Å²) < 4.78 is 0. The van der Waals surface area contributed by atoms with Gasteiger partial charge in [0.25, 0.3) is 5.69 Å². The van der Waals surface area contributed by atoms with Crippen molar-refractivity contribution in [3.8, 4) is 0 Å². The van der Waals surface area contributed by atoms with Crippen molar-refractivity contribution >= 4 is 17.9 Å². The Morgan fingerprint density at radius 3 is 2.67 bits per heavy atom. The summed E-state index contributed by atoms with van der Waals surface area (Å²) in [6, 6.07) is 4.00. The molecule has 0 unspecified atom stereocenters. The maximum atomic E-state index is 10.6. The van der Waals surface area contributed by atoms with Crippen LogP contribution in [0.2, 0.25) is 0 Å². The summed E-state index contributed by atoms with van der Waals surface area (Å²) in [6.07, 6.45) is -0.137. The van der Waals surface area contributed by atoms with Crippen molar-refractivity contribution in [2.75, 3.05) is 0 Å². The normalized spacial score (nSPS) is 9.60. The second kappa shape index (κ2) is 4.32. The van der Waals surface area contributed by atoms with Crippen LogP contribution in [0.3, 0.4) is 0 Å². The number of aliphatic carboxylic acids is 1. The number of aldehydes is 1. The molecule has 0 bridgehead atoms. The number of carboxylic acid groups (broad SMARTS) is 1. The van der Waals surface area contributed by atoms with Gasteiger partial charge in [0, 0.05) is 5.56 Å². The standard InChI is InChI=1S/C9H7NO5/c11-5-7-3-1-2-6(4-8(12)13)9(7)10(14)15/h1-3,5H,4H2,(H,12,13). The Bertz CT molecular complexity index is 427. The van der Waals surface area contributed by atoms with Gasteiger partial charge in [-0.15, -0.1) is 0 Å². The van der Waals surface area contributed by atoms with Crippen LogP contribution in [0, 0.1) is 10.1 Å². The Morgan fingerprint density at radius 1 is 1.53 bits per heavy atom. The second-order valence-electron chi connectivity index (χ2n) is 2.80. The predicted molar refractivity (Wildman–Crippen MR) is 49.8 cm³/mol. The third-order valence-electron chi connectivity index (χ3n) is 1.80. The van der Waals surface area contributed by atoms with Crippen LogP contribution in [0.25, 0.3) is 0 Å². The van der Waals surface area contributed by atoms with Gasteiger partial charge >= 0.3 is 5.97 Å². The van der Waals surface area contributed by atoms with Crippen LogP contribution in [-0.2, 0) is 11.2 Å². The lowest BCUT2D eigenvalue weighted by molar-refractivity contribution is -0.385. The van der Waals surface area contributed by atoms with Crippen molar-refractivity contribution in [3.63, 3.8) is 0 Å². The summed E-state index contributed by atoms with van der Waals surface area (Å²) in [4.78, 5) is 30.8. The van der Waals surface area contributed by atoms with Gasteiger partial charge in [-0.3, -0.25) is 19.7 Å².